The van der Waals surface area contributed by atoms with E-state index in [4.69, 9.17) is 5.21 Å². The van der Waals surface area contributed by atoms with Crippen molar-refractivity contribution < 1.29 is 28.3 Å². The first kappa shape index (κ1) is 38.0. The van der Waals surface area contributed by atoms with Gasteiger partial charge in [-0.1, -0.05) is 74.3 Å². The number of benzene rings is 2. The number of oxime groups is 1. The Morgan fingerprint density at radius 3 is 2.39 bits per heavy atom. The third kappa shape index (κ3) is 10.6. The van der Waals surface area contributed by atoms with Crippen LogP contribution in [0.5, 0.6) is 0 Å². The molecule has 266 valence electrons. The maximum Gasteiger partial charge on any atom is 0.318 e. The monoisotopic (exact) mass is 712 g/mol. The normalized spacial score (nSPS) is 16.1. The first-order chi connectivity index (χ1) is 23.4. The van der Waals surface area contributed by atoms with E-state index >= 15 is 0 Å². The Morgan fingerprint density at radius 2 is 1.82 bits per heavy atom. The standard InChI is InChI=1S/C35H48N6O6S2/c1-5-24(2)33(39-35(44)40(4)21-29-23-48-25(3)37-29)34(43)38-31(18-26-10-7-6-8-11-26)32(42)22-41(20-28-12-9-13-28)49(46,47)30-16-14-27(15-17-30)19-36-45/h6-8,10-11,14-17,19,23-24,28,31-33,42,45H,5,9,12-13,18,20-22H2,1-4H3,(H,38,43)(H,39,44)/b36-19+/t24?,31-,32+,33?/m0/s1. The fraction of sp³-hybridized carbons (Fsp3) is 0.486. The number of hydrogen-bond donors (Lipinski definition) is 4. The molecule has 4 rings (SSSR count). The molecule has 49 heavy (non-hydrogen) atoms. The average Bonchev–Trinajstić information content (AvgIpc) is 3.48. The molecule has 1 saturated carbocycles. The molecule has 1 heterocycles. The lowest BCUT2D eigenvalue weighted by molar-refractivity contribution is -0.125. The van der Waals surface area contributed by atoms with Gasteiger partial charge in [-0.25, -0.2) is 18.2 Å². The summed E-state index contributed by atoms with van der Waals surface area (Å²) in [5, 5.41) is 32.3. The molecule has 0 saturated heterocycles. The number of aliphatic hydroxyl groups excluding tert-OH is 1. The van der Waals surface area contributed by atoms with Gasteiger partial charge in [-0.3, -0.25) is 4.79 Å². The van der Waals surface area contributed by atoms with Gasteiger partial charge in [-0.15, -0.1) is 11.3 Å². The minimum Gasteiger partial charge on any atom is -0.411 e. The van der Waals surface area contributed by atoms with Crippen molar-refractivity contribution >= 4 is 39.5 Å². The third-order valence-electron chi connectivity index (χ3n) is 9.08. The molecule has 1 aromatic heterocycles. The van der Waals surface area contributed by atoms with E-state index in [9.17, 15) is 23.1 Å². The van der Waals surface area contributed by atoms with E-state index in [-0.39, 0.29) is 42.8 Å². The van der Waals surface area contributed by atoms with Gasteiger partial charge < -0.3 is 25.8 Å². The number of hydrogen-bond acceptors (Lipinski definition) is 9. The van der Waals surface area contributed by atoms with E-state index in [1.54, 1.807) is 19.2 Å². The third-order valence-corrected chi connectivity index (χ3v) is 11.7. The van der Waals surface area contributed by atoms with E-state index < -0.39 is 40.1 Å². The van der Waals surface area contributed by atoms with E-state index in [1.807, 2.05) is 56.5 Å². The molecule has 0 radical (unpaired) electrons. The summed E-state index contributed by atoms with van der Waals surface area (Å²) in [6.07, 6.45) is 3.59. The van der Waals surface area contributed by atoms with Crippen LogP contribution in [-0.4, -0.2) is 89.4 Å². The molecule has 4 N–H and O–H groups in total. The van der Waals surface area contributed by atoms with Gasteiger partial charge in [0, 0.05) is 25.5 Å². The number of nitrogens with zero attached hydrogens (tertiary/aromatic N) is 4. The molecule has 1 fully saturated rings. The average molecular weight is 713 g/mol. The van der Waals surface area contributed by atoms with Crippen molar-refractivity contribution in [2.24, 2.45) is 17.0 Å². The number of amides is 3. The predicted octanol–water partition coefficient (Wildman–Crippen LogP) is 4.40. The van der Waals surface area contributed by atoms with Gasteiger partial charge in [0.2, 0.25) is 15.9 Å². The fourth-order valence-corrected chi connectivity index (χ4v) is 7.81. The Morgan fingerprint density at radius 1 is 1.12 bits per heavy atom. The number of nitrogens with one attached hydrogen (secondary N) is 2. The molecule has 12 nitrogen and oxygen atoms in total. The molecule has 2 aromatic carbocycles. The molecule has 1 aliphatic rings. The molecule has 4 atom stereocenters. The summed E-state index contributed by atoms with van der Waals surface area (Å²) in [5.41, 5.74) is 2.14. The van der Waals surface area contributed by atoms with E-state index in [0.717, 1.165) is 35.5 Å². The van der Waals surface area contributed by atoms with Crippen molar-refractivity contribution in [1.29, 1.82) is 0 Å². The largest absolute Gasteiger partial charge is 0.411 e. The second-order valence-corrected chi connectivity index (χ2v) is 15.8. The Kier molecular flexibility index (Phi) is 13.7. The first-order valence-corrected chi connectivity index (χ1v) is 19.0. The van der Waals surface area contributed by atoms with E-state index in [1.165, 1.54) is 38.9 Å². The van der Waals surface area contributed by atoms with E-state index in [0.29, 0.717) is 12.0 Å². The number of rotatable bonds is 17. The number of sulfonamides is 1. The fourth-order valence-electron chi connectivity index (χ4n) is 5.68. The van der Waals surface area contributed by atoms with Crippen LogP contribution >= 0.6 is 11.3 Å². The van der Waals surface area contributed by atoms with Crippen LogP contribution in [0.4, 0.5) is 4.79 Å². The van der Waals surface area contributed by atoms with Crippen LogP contribution in [0.15, 0.2) is 70.0 Å². The molecule has 2 unspecified atom stereocenters. The van der Waals surface area contributed by atoms with Crippen LogP contribution in [0.25, 0.3) is 0 Å². The van der Waals surface area contributed by atoms with Gasteiger partial charge in [0.25, 0.3) is 0 Å². The second kappa shape index (κ2) is 17.7. The summed E-state index contributed by atoms with van der Waals surface area (Å²) in [4.78, 5) is 33.2. The summed E-state index contributed by atoms with van der Waals surface area (Å²) in [6, 6.07) is 13.1. The lowest BCUT2D eigenvalue weighted by Crippen LogP contribution is -2.58. The highest BCUT2D eigenvalue weighted by Crippen LogP contribution is 2.30. The maximum atomic E-state index is 14.0. The second-order valence-electron chi connectivity index (χ2n) is 12.8. The Hall–Kier alpha value is -3.85. The quantitative estimate of drug-likeness (QED) is 0.0916. The number of aliphatic hydroxyl groups is 1. The first-order valence-electron chi connectivity index (χ1n) is 16.6. The molecule has 0 aliphatic heterocycles. The SMILES string of the molecule is CCC(C)C(NC(=O)N(C)Cc1csc(C)n1)C(=O)N[C@@H](Cc1ccccc1)[C@H](O)CN(CC1CCC1)S(=O)(=O)c1ccc(/C=N/O)cc1. The van der Waals surface area contributed by atoms with Crippen LogP contribution < -0.4 is 10.6 Å². The summed E-state index contributed by atoms with van der Waals surface area (Å²) < 4.78 is 29.2. The lowest BCUT2D eigenvalue weighted by Gasteiger charge is -2.35. The number of carbonyl (C=O) groups excluding carboxylic acids is 2. The summed E-state index contributed by atoms with van der Waals surface area (Å²) in [5.74, 6) is -0.530. The highest BCUT2D eigenvalue weighted by Gasteiger charge is 2.35. The number of aryl methyl sites for hydroxylation is 1. The Labute approximate surface area is 293 Å². The van der Waals surface area contributed by atoms with Gasteiger partial charge in [0.15, 0.2) is 0 Å². The van der Waals surface area contributed by atoms with Gasteiger partial charge in [-0.2, -0.15) is 4.31 Å². The minimum atomic E-state index is -4.03. The summed E-state index contributed by atoms with van der Waals surface area (Å²) in [7, 11) is -2.39. The number of carbonyl (C=O) groups is 2. The Balaban J connectivity index is 1.56. The highest BCUT2D eigenvalue weighted by atomic mass is 32.2. The molecule has 14 heteroatoms. The number of aromatic nitrogens is 1. The van der Waals surface area contributed by atoms with Crippen LogP contribution in [0.1, 0.15) is 61.4 Å². The van der Waals surface area contributed by atoms with Crippen LogP contribution in [-0.2, 0) is 27.8 Å². The zero-order valence-corrected chi connectivity index (χ0v) is 30.2. The van der Waals surface area contributed by atoms with Crippen LogP contribution in [0.3, 0.4) is 0 Å². The van der Waals surface area contributed by atoms with Crippen molar-refractivity contribution in [2.75, 3.05) is 20.1 Å². The van der Waals surface area contributed by atoms with Crippen LogP contribution in [0, 0.1) is 18.8 Å². The number of thiazole rings is 1. The maximum absolute atomic E-state index is 14.0. The summed E-state index contributed by atoms with van der Waals surface area (Å²) in [6.45, 7) is 5.98. The zero-order valence-electron chi connectivity index (χ0n) is 28.5. The van der Waals surface area contributed by atoms with Crippen molar-refractivity contribution in [2.45, 2.75) is 82.5 Å². The molecule has 0 spiro atoms. The Bertz CT molecular complexity index is 1650. The van der Waals surface area contributed by atoms with Crippen molar-refractivity contribution in [1.82, 2.24) is 24.8 Å². The molecule has 0 bridgehead atoms. The topological polar surface area (TPSA) is 165 Å². The molecular weight excluding hydrogens is 665 g/mol. The zero-order chi connectivity index (χ0) is 35.6. The van der Waals surface area contributed by atoms with Gasteiger partial charge >= 0.3 is 6.03 Å². The minimum absolute atomic E-state index is 0.0502. The smallest absolute Gasteiger partial charge is 0.318 e. The molecule has 3 amide bonds. The van der Waals surface area contributed by atoms with Gasteiger partial charge in [0.05, 0.1) is 40.5 Å². The van der Waals surface area contributed by atoms with Gasteiger partial charge in [-0.05, 0) is 61.3 Å². The molecular formula is C35H48N6O6S2. The lowest BCUT2D eigenvalue weighted by atomic mass is 9.85. The number of urea groups is 1. The van der Waals surface area contributed by atoms with Crippen LogP contribution in [0.2, 0.25) is 0 Å². The van der Waals surface area contributed by atoms with Gasteiger partial charge in [0.1, 0.15) is 6.04 Å². The van der Waals surface area contributed by atoms with E-state index in [2.05, 4.69) is 20.8 Å². The van der Waals surface area contributed by atoms with Crippen molar-refractivity contribution in [3.63, 3.8) is 0 Å². The molecule has 3 aromatic rings. The predicted molar refractivity (Wildman–Crippen MR) is 190 cm³/mol. The van der Waals surface area contributed by atoms with Crippen molar-refractivity contribution in [3.05, 3.63) is 81.8 Å². The highest BCUT2D eigenvalue weighted by molar-refractivity contribution is 7.89. The van der Waals surface area contributed by atoms with Crippen molar-refractivity contribution in [3.8, 4) is 0 Å². The molecule has 1 aliphatic carbocycles. The summed E-state index contributed by atoms with van der Waals surface area (Å²) >= 11 is 1.50.